The highest BCUT2D eigenvalue weighted by Gasteiger charge is 2.20. The summed E-state index contributed by atoms with van der Waals surface area (Å²) in [7, 11) is 0. The lowest BCUT2D eigenvalue weighted by Gasteiger charge is -2.15. The topological polar surface area (TPSA) is 85.2 Å². The lowest BCUT2D eigenvalue weighted by atomic mass is 10.1. The van der Waals surface area contributed by atoms with Crippen molar-refractivity contribution in [3.63, 3.8) is 0 Å². The predicted molar refractivity (Wildman–Crippen MR) is 123 cm³/mol. The van der Waals surface area contributed by atoms with E-state index in [0.717, 1.165) is 22.2 Å². The zero-order chi connectivity index (χ0) is 22.5. The quantitative estimate of drug-likeness (QED) is 0.457. The van der Waals surface area contributed by atoms with E-state index < -0.39 is 17.9 Å². The van der Waals surface area contributed by atoms with Crippen LogP contribution in [0.2, 0.25) is 0 Å². The van der Waals surface area contributed by atoms with Gasteiger partial charge in [-0.2, -0.15) is 5.10 Å². The summed E-state index contributed by atoms with van der Waals surface area (Å²) in [6.45, 7) is 3.58. The second-order valence-corrected chi connectivity index (χ2v) is 7.32. The summed E-state index contributed by atoms with van der Waals surface area (Å²) in [4.78, 5) is 25.1. The van der Waals surface area contributed by atoms with Gasteiger partial charge in [0.05, 0.1) is 23.1 Å². The Hall–Kier alpha value is -4.13. The first-order chi connectivity index (χ1) is 15.6. The number of amides is 2. The summed E-state index contributed by atoms with van der Waals surface area (Å²) in [5.74, 6) is -0.314. The third kappa shape index (κ3) is 4.46. The highest BCUT2D eigenvalue weighted by Crippen LogP contribution is 2.21. The molecule has 0 bridgehead atoms. The van der Waals surface area contributed by atoms with Gasteiger partial charge in [-0.25, -0.2) is 4.68 Å². The van der Waals surface area contributed by atoms with Crippen LogP contribution in [0.15, 0.2) is 79.0 Å². The normalized spacial score (nSPS) is 11.7. The third-order valence-electron chi connectivity index (χ3n) is 5.15. The summed E-state index contributed by atoms with van der Waals surface area (Å²) in [5.41, 5.74) is 6.92. The summed E-state index contributed by atoms with van der Waals surface area (Å²) in [6, 6.07) is 23.1. The largest absolute Gasteiger partial charge is 0.481 e. The summed E-state index contributed by atoms with van der Waals surface area (Å²) in [6.07, 6.45) is 1.31. The number of para-hydroxylation sites is 1. The number of aromatic nitrogens is 2. The first-order valence-corrected chi connectivity index (χ1v) is 10.4. The van der Waals surface area contributed by atoms with Gasteiger partial charge in [0.1, 0.15) is 5.75 Å². The minimum Gasteiger partial charge on any atom is -0.481 e. The van der Waals surface area contributed by atoms with Crippen LogP contribution in [0.4, 0.5) is 0 Å². The van der Waals surface area contributed by atoms with Crippen molar-refractivity contribution >= 4 is 22.6 Å². The molecule has 0 fully saturated rings. The Labute approximate surface area is 186 Å². The van der Waals surface area contributed by atoms with E-state index in [9.17, 15) is 9.59 Å². The van der Waals surface area contributed by atoms with Gasteiger partial charge < -0.3 is 4.74 Å². The number of carbonyl (C=O) groups excluding carboxylic acids is 2. The van der Waals surface area contributed by atoms with Crippen molar-refractivity contribution in [2.45, 2.75) is 26.4 Å². The average Bonchev–Trinajstić information content (AvgIpc) is 3.27. The van der Waals surface area contributed by atoms with Gasteiger partial charge >= 0.3 is 0 Å². The Balaban J connectivity index is 1.39. The fourth-order valence-corrected chi connectivity index (χ4v) is 3.48. The second-order valence-electron chi connectivity index (χ2n) is 7.32. The molecule has 32 heavy (non-hydrogen) atoms. The number of benzene rings is 3. The van der Waals surface area contributed by atoms with Crippen molar-refractivity contribution in [2.75, 3.05) is 0 Å². The van der Waals surface area contributed by atoms with E-state index in [2.05, 4.69) is 16.0 Å². The molecule has 0 aliphatic carbocycles. The zero-order valence-electron chi connectivity index (χ0n) is 17.9. The maximum Gasteiger partial charge on any atom is 0.279 e. The monoisotopic (exact) mass is 428 g/mol. The van der Waals surface area contributed by atoms with Gasteiger partial charge in [-0.1, -0.05) is 55.5 Å². The maximum atomic E-state index is 12.7. The van der Waals surface area contributed by atoms with Crippen LogP contribution >= 0.6 is 0 Å². The van der Waals surface area contributed by atoms with Crippen LogP contribution in [0, 0.1) is 0 Å². The van der Waals surface area contributed by atoms with Gasteiger partial charge in [0, 0.05) is 0 Å². The molecule has 0 saturated heterocycles. The average molecular weight is 428 g/mol. The Morgan fingerprint density at radius 1 is 0.969 bits per heavy atom. The maximum absolute atomic E-state index is 12.7. The molecule has 2 N–H and O–H groups in total. The Morgan fingerprint density at radius 2 is 1.69 bits per heavy atom. The summed E-state index contributed by atoms with van der Waals surface area (Å²) < 4.78 is 7.47. The molecule has 0 aliphatic rings. The third-order valence-corrected chi connectivity index (χ3v) is 5.15. The molecule has 162 valence electrons. The molecule has 1 unspecified atom stereocenters. The van der Waals surface area contributed by atoms with Crippen molar-refractivity contribution in [3.05, 3.63) is 90.3 Å². The standard InChI is InChI=1S/C25H24N4O3/c1-3-23-22(16-26-29(23)20-11-5-4-6-12-20)25(31)28-27-24(30)17(2)32-21-14-13-18-9-7-8-10-19(18)15-21/h4-17H,3H2,1-2H3,(H,27,30)(H,28,31). The number of hydrogen-bond acceptors (Lipinski definition) is 4. The smallest absolute Gasteiger partial charge is 0.279 e. The molecule has 1 atom stereocenters. The van der Waals surface area contributed by atoms with Crippen molar-refractivity contribution < 1.29 is 14.3 Å². The van der Waals surface area contributed by atoms with Crippen LogP contribution in [0.25, 0.3) is 16.5 Å². The molecule has 1 aromatic heterocycles. The number of hydrazine groups is 1. The summed E-state index contributed by atoms with van der Waals surface area (Å²) in [5, 5.41) is 6.45. The van der Waals surface area contributed by atoms with Gasteiger partial charge in [0.15, 0.2) is 6.10 Å². The molecule has 0 spiro atoms. The van der Waals surface area contributed by atoms with E-state index in [0.29, 0.717) is 17.7 Å². The molecule has 4 aromatic rings. The van der Waals surface area contributed by atoms with Crippen molar-refractivity contribution in [3.8, 4) is 11.4 Å². The van der Waals surface area contributed by atoms with Gasteiger partial charge in [-0.3, -0.25) is 20.4 Å². The number of fused-ring (bicyclic) bond motifs is 1. The van der Waals surface area contributed by atoms with Crippen LogP contribution in [-0.2, 0) is 11.2 Å². The molecule has 1 heterocycles. The first-order valence-electron chi connectivity index (χ1n) is 10.4. The SMILES string of the molecule is CCc1c(C(=O)NNC(=O)C(C)Oc2ccc3ccccc3c2)cnn1-c1ccccc1. The lowest BCUT2D eigenvalue weighted by Crippen LogP contribution is -2.47. The molecule has 0 radical (unpaired) electrons. The molecule has 2 amide bonds. The highest BCUT2D eigenvalue weighted by molar-refractivity contribution is 5.96. The minimum absolute atomic E-state index is 0.403. The first kappa shape index (κ1) is 21.1. The number of hydrogen-bond donors (Lipinski definition) is 2. The predicted octanol–water partition coefficient (Wildman–Crippen LogP) is 3.82. The van der Waals surface area contributed by atoms with E-state index in [1.165, 1.54) is 6.20 Å². The van der Waals surface area contributed by atoms with Crippen LogP contribution in [0.3, 0.4) is 0 Å². The lowest BCUT2D eigenvalue weighted by molar-refractivity contribution is -0.128. The molecule has 3 aromatic carbocycles. The van der Waals surface area contributed by atoms with Gasteiger partial charge in [-0.15, -0.1) is 0 Å². The Bertz CT molecular complexity index is 1250. The van der Waals surface area contributed by atoms with Crippen LogP contribution in [0.1, 0.15) is 29.9 Å². The molecular weight excluding hydrogens is 404 g/mol. The fraction of sp³-hybridized carbons (Fsp3) is 0.160. The number of ether oxygens (including phenoxy) is 1. The minimum atomic E-state index is -0.797. The highest BCUT2D eigenvalue weighted by atomic mass is 16.5. The van der Waals surface area contributed by atoms with Crippen LogP contribution in [-0.4, -0.2) is 27.7 Å². The second kappa shape index (κ2) is 9.34. The van der Waals surface area contributed by atoms with Crippen molar-refractivity contribution in [1.29, 1.82) is 0 Å². The van der Waals surface area contributed by atoms with Crippen molar-refractivity contribution in [2.24, 2.45) is 0 Å². The fourth-order valence-electron chi connectivity index (χ4n) is 3.48. The Morgan fingerprint density at radius 3 is 2.44 bits per heavy atom. The van der Waals surface area contributed by atoms with Gasteiger partial charge in [0.2, 0.25) is 0 Å². The molecule has 4 rings (SSSR count). The van der Waals surface area contributed by atoms with Crippen LogP contribution < -0.4 is 15.6 Å². The Kier molecular flexibility index (Phi) is 6.17. The molecule has 0 saturated carbocycles. The number of carbonyl (C=O) groups is 2. The number of nitrogens with one attached hydrogen (secondary N) is 2. The molecule has 7 heteroatoms. The number of nitrogens with zero attached hydrogens (tertiary/aromatic N) is 2. The molecule has 0 aliphatic heterocycles. The van der Waals surface area contributed by atoms with E-state index in [1.807, 2.05) is 79.7 Å². The van der Waals surface area contributed by atoms with E-state index >= 15 is 0 Å². The van der Waals surface area contributed by atoms with E-state index in [1.54, 1.807) is 11.6 Å². The molecule has 7 nitrogen and oxygen atoms in total. The van der Waals surface area contributed by atoms with Crippen molar-refractivity contribution in [1.82, 2.24) is 20.6 Å². The van der Waals surface area contributed by atoms with E-state index in [4.69, 9.17) is 4.74 Å². The zero-order valence-corrected chi connectivity index (χ0v) is 17.9. The summed E-state index contributed by atoms with van der Waals surface area (Å²) >= 11 is 0. The van der Waals surface area contributed by atoms with Crippen LogP contribution in [0.5, 0.6) is 5.75 Å². The number of rotatable bonds is 6. The van der Waals surface area contributed by atoms with Gasteiger partial charge in [-0.05, 0) is 48.4 Å². The van der Waals surface area contributed by atoms with Gasteiger partial charge in [0.25, 0.3) is 11.8 Å². The van der Waals surface area contributed by atoms with E-state index in [-0.39, 0.29) is 0 Å². The molecular formula is C25H24N4O3.